The summed E-state index contributed by atoms with van der Waals surface area (Å²) in [6.07, 6.45) is 12.0. The highest BCUT2D eigenvalue weighted by Gasteiger charge is 2.30. The van der Waals surface area contributed by atoms with Crippen LogP contribution in [0.25, 0.3) is 0 Å². The molecule has 1 nitrogen and oxygen atoms in total. The number of rotatable bonds is 4. The number of hydrogen-bond acceptors (Lipinski definition) is 1. The van der Waals surface area contributed by atoms with Gasteiger partial charge in [0, 0.05) is 0 Å². The Morgan fingerprint density at radius 2 is 1.61 bits per heavy atom. The predicted molar refractivity (Wildman–Crippen MR) is 93.0 cm³/mol. The third-order valence-electron chi connectivity index (χ3n) is 6.14. The van der Waals surface area contributed by atoms with E-state index in [0.29, 0.717) is 5.92 Å². The zero-order valence-corrected chi connectivity index (χ0v) is 14.3. The normalized spacial score (nSPS) is 31.6. The molecular formula is C21H29FO. The molecule has 0 heterocycles. The fourth-order valence-electron chi connectivity index (χ4n) is 4.64. The average Bonchev–Trinajstić information content (AvgIpc) is 2.58. The lowest BCUT2D eigenvalue weighted by molar-refractivity contribution is 0.165. The van der Waals surface area contributed by atoms with Gasteiger partial charge in [-0.15, -0.1) is 0 Å². The molecule has 0 saturated heterocycles. The summed E-state index contributed by atoms with van der Waals surface area (Å²) >= 11 is 0. The van der Waals surface area contributed by atoms with E-state index in [2.05, 4.69) is 13.5 Å². The van der Waals surface area contributed by atoms with Crippen LogP contribution < -0.4 is 4.74 Å². The van der Waals surface area contributed by atoms with E-state index >= 15 is 0 Å². The molecule has 23 heavy (non-hydrogen) atoms. The van der Waals surface area contributed by atoms with E-state index in [1.807, 2.05) is 6.07 Å². The van der Waals surface area contributed by atoms with Crippen molar-refractivity contribution in [1.82, 2.24) is 0 Å². The molecule has 2 aliphatic rings. The van der Waals surface area contributed by atoms with Crippen molar-refractivity contribution in [3.63, 3.8) is 0 Å². The van der Waals surface area contributed by atoms with Gasteiger partial charge in [-0.1, -0.05) is 32.4 Å². The van der Waals surface area contributed by atoms with Crippen molar-refractivity contribution >= 4 is 0 Å². The summed E-state index contributed by atoms with van der Waals surface area (Å²) in [5, 5.41) is 0. The number of hydrogen-bond donors (Lipinski definition) is 0. The van der Waals surface area contributed by atoms with Crippen molar-refractivity contribution in [1.29, 1.82) is 0 Å². The van der Waals surface area contributed by atoms with Crippen LogP contribution in [0.2, 0.25) is 0 Å². The first-order valence-corrected chi connectivity index (χ1v) is 9.24. The highest BCUT2D eigenvalue weighted by molar-refractivity contribution is 5.32. The van der Waals surface area contributed by atoms with Crippen LogP contribution in [0.1, 0.15) is 69.8 Å². The summed E-state index contributed by atoms with van der Waals surface area (Å²) in [6, 6.07) is 5.42. The highest BCUT2D eigenvalue weighted by Crippen LogP contribution is 2.44. The summed E-state index contributed by atoms with van der Waals surface area (Å²) < 4.78 is 19.1. The fraction of sp³-hybridized carbons (Fsp3) is 0.619. The summed E-state index contributed by atoms with van der Waals surface area (Å²) in [7, 11) is 0. The Kier molecular flexibility index (Phi) is 5.40. The maximum Gasteiger partial charge on any atom is 0.165 e. The van der Waals surface area contributed by atoms with Crippen LogP contribution in [-0.2, 0) is 0 Å². The van der Waals surface area contributed by atoms with E-state index in [1.54, 1.807) is 12.1 Å². The molecule has 0 atom stereocenters. The van der Waals surface area contributed by atoms with Crippen LogP contribution in [0.15, 0.2) is 31.0 Å². The van der Waals surface area contributed by atoms with Crippen molar-refractivity contribution in [2.75, 3.05) is 0 Å². The van der Waals surface area contributed by atoms with Gasteiger partial charge in [-0.25, -0.2) is 4.39 Å². The second-order valence-corrected chi connectivity index (χ2v) is 7.61. The molecule has 0 aromatic heterocycles. The van der Waals surface area contributed by atoms with Gasteiger partial charge in [-0.2, -0.15) is 0 Å². The van der Waals surface area contributed by atoms with Gasteiger partial charge in [-0.3, -0.25) is 0 Å². The molecular weight excluding hydrogens is 287 g/mol. The molecule has 0 amide bonds. The van der Waals surface area contributed by atoms with Crippen molar-refractivity contribution in [2.45, 2.75) is 64.2 Å². The third kappa shape index (κ3) is 3.97. The first-order valence-electron chi connectivity index (χ1n) is 9.24. The van der Waals surface area contributed by atoms with E-state index in [4.69, 9.17) is 4.74 Å². The first-order chi connectivity index (χ1) is 11.2. The summed E-state index contributed by atoms with van der Waals surface area (Å²) in [4.78, 5) is 0. The van der Waals surface area contributed by atoms with Crippen molar-refractivity contribution in [3.05, 3.63) is 42.4 Å². The standard InChI is InChI=1S/C21H29FO/c1-3-23-21-13-12-19(14-20(21)22)18-10-8-17(9-11-18)16-6-4-15(2)5-7-16/h3,12-18H,1,4-11H2,2H3. The van der Waals surface area contributed by atoms with Crippen LogP contribution in [0.3, 0.4) is 0 Å². The molecule has 1 aromatic rings. The molecule has 0 N–H and O–H groups in total. The SMILES string of the molecule is C=COc1ccc(C2CCC(C3CCC(C)CC3)CC2)cc1F. The Morgan fingerprint density at radius 3 is 2.17 bits per heavy atom. The number of halogens is 1. The molecule has 0 spiro atoms. The van der Waals surface area contributed by atoms with Gasteiger partial charge in [-0.05, 0) is 79.9 Å². The van der Waals surface area contributed by atoms with Gasteiger partial charge in [0.15, 0.2) is 11.6 Å². The Bertz CT molecular complexity index is 523. The van der Waals surface area contributed by atoms with Gasteiger partial charge in [0.05, 0.1) is 6.26 Å². The van der Waals surface area contributed by atoms with Crippen LogP contribution in [-0.4, -0.2) is 0 Å². The van der Waals surface area contributed by atoms with E-state index in [0.717, 1.165) is 23.3 Å². The molecule has 126 valence electrons. The molecule has 2 saturated carbocycles. The highest BCUT2D eigenvalue weighted by atomic mass is 19.1. The molecule has 2 aliphatic carbocycles. The molecule has 2 heteroatoms. The van der Waals surface area contributed by atoms with E-state index < -0.39 is 0 Å². The van der Waals surface area contributed by atoms with Crippen molar-refractivity contribution < 1.29 is 9.13 Å². The number of benzene rings is 1. The number of ether oxygens (including phenoxy) is 1. The lowest BCUT2D eigenvalue weighted by atomic mass is 9.68. The van der Waals surface area contributed by atoms with Crippen LogP contribution >= 0.6 is 0 Å². The Hall–Kier alpha value is -1.31. The lowest BCUT2D eigenvalue weighted by Gasteiger charge is -2.37. The van der Waals surface area contributed by atoms with Gasteiger partial charge < -0.3 is 4.74 Å². The lowest BCUT2D eigenvalue weighted by Crippen LogP contribution is -2.24. The molecule has 0 aliphatic heterocycles. The molecule has 0 unspecified atom stereocenters. The summed E-state index contributed by atoms with van der Waals surface area (Å²) in [5.41, 5.74) is 1.13. The molecule has 1 aromatic carbocycles. The minimum atomic E-state index is -0.272. The van der Waals surface area contributed by atoms with Gasteiger partial charge in [0.1, 0.15) is 0 Å². The minimum absolute atomic E-state index is 0.272. The maximum absolute atomic E-state index is 14.0. The Balaban J connectivity index is 1.56. The molecule has 3 rings (SSSR count). The Morgan fingerprint density at radius 1 is 1.00 bits per heavy atom. The second kappa shape index (κ2) is 7.51. The zero-order chi connectivity index (χ0) is 16.2. The first kappa shape index (κ1) is 16.5. The smallest absolute Gasteiger partial charge is 0.165 e. The second-order valence-electron chi connectivity index (χ2n) is 7.61. The van der Waals surface area contributed by atoms with Crippen molar-refractivity contribution in [3.8, 4) is 5.75 Å². The molecule has 2 fully saturated rings. The summed E-state index contributed by atoms with van der Waals surface area (Å²) in [6.45, 7) is 5.87. The maximum atomic E-state index is 14.0. The third-order valence-corrected chi connectivity index (χ3v) is 6.14. The van der Waals surface area contributed by atoms with E-state index in [-0.39, 0.29) is 11.6 Å². The van der Waals surface area contributed by atoms with Crippen LogP contribution in [0, 0.1) is 23.6 Å². The zero-order valence-electron chi connectivity index (χ0n) is 14.3. The quantitative estimate of drug-likeness (QED) is 0.580. The Labute approximate surface area is 139 Å². The molecule has 0 bridgehead atoms. The topological polar surface area (TPSA) is 9.23 Å². The van der Waals surface area contributed by atoms with Gasteiger partial charge >= 0.3 is 0 Å². The van der Waals surface area contributed by atoms with Crippen LogP contribution in [0.4, 0.5) is 4.39 Å². The van der Waals surface area contributed by atoms with E-state index in [9.17, 15) is 4.39 Å². The van der Waals surface area contributed by atoms with E-state index in [1.165, 1.54) is 57.6 Å². The summed E-state index contributed by atoms with van der Waals surface area (Å²) in [5.74, 6) is 3.31. The van der Waals surface area contributed by atoms with Gasteiger partial charge in [0.2, 0.25) is 0 Å². The monoisotopic (exact) mass is 316 g/mol. The van der Waals surface area contributed by atoms with Gasteiger partial charge in [0.25, 0.3) is 0 Å². The van der Waals surface area contributed by atoms with Crippen molar-refractivity contribution in [2.24, 2.45) is 17.8 Å². The molecule has 0 radical (unpaired) electrons. The predicted octanol–water partition coefficient (Wildman–Crippen LogP) is 6.45. The fourth-order valence-corrected chi connectivity index (χ4v) is 4.64. The minimum Gasteiger partial charge on any atom is -0.463 e. The largest absolute Gasteiger partial charge is 0.463 e. The van der Waals surface area contributed by atoms with Crippen LogP contribution in [0.5, 0.6) is 5.75 Å². The average molecular weight is 316 g/mol.